The lowest BCUT2D eigenvalue weighted by molar-refractivity contribution is -0.113. The summed E-state index contributed by atoms with van der Waals surface area (Å²) in [6.45, 7) is 2.67. The monoisotopic (exact) mass is 403 g/mol. The molecule has 0 unspecified atom stereocenters. The molecule has 0 aliphatic carbocycles. The summed E-state index contributed by atoms with van der Waals surface area (Å²) in [5.74, 6) is 0.164. The molecule has 0 aliphatic rings. The van der Waals surface area contributed by atoms with E-state index >= 15 is 0 Å². The number of carbonyl (C=O) groups excluding carboxylic acids is 2. The molecule has 0 saturated heterocycles. The van der Waals surface area contributed by atoms with Crippen molar-refractivity contribution in [1.29, 1.82) is 0 Å². The number of anilines is 1. The van der Waals surface area contributed by atoms with Gasteiger partial charge in [-0.1, -0.05) is 11.8 Å². The van der Waals surface area contributed by atoms with Gasteiger partial charge in [0.2, 0.25) is 5.91 Å². The lowest BCUT2D eigenvalue weighted by Gasteiger charge is -2.08. The second-order valence-corrected chi connectivity index (χ2v) is 7.14. The predicted octanol–water partition coefficient (Wildman–Crippen LogP) is 2.94. The molecule has 0 radical (unpaired) electrons. The van der Waals surface area contributed by atoms with Crippen molar-refractivity contribution in [2.75, 3.05) is 18.2 Å². The van der Waals surface area contributed by atoms with Gasteiger partial charge in [0.25, 0.3) is 0 Å². The number of aromatic nitrogens is 4. The van der Waals surface area contributed by atoms with Gasteiger partial charge in [0.1, 0.15) is 5.00 Å². The molecule has 10 heteroatoms. The van der Waals surface area contributed by atoms with Gasteiger partial charge in [0, 0.05) is 24.5 Å². The highest BCUT2D eigenvalue weighted by atomic mass is 32.2. The Labute approximate surface area is 164 Å². The van der Waals surface area contributed by atoms with E-state index < -0.39 is 5.97 Å². The van der Waals surface area contributed by atoms with E-state index in [-0.39, 0.29) is 11.7 Å². The van der Waals surface area contributed by atoms with Crippen molar-refractivity contribution in [3.05, 3.63) is 41.5 Å². The number of thioether (sulfide) groups is 1. The van der Waals surface area contributed by atoms with Crippen LogP contribution in [0.1, 0.15) is 17.3 Å². The van der Waals surface area contributed by atoms with Crippen LogP contribution >= 0.6 is 23.1 Å². The van der Waals surface area contributed by atoms with Gasteiger partial charge >= 0.3 is 5.97 Å². The van der Waals surface area contributed by atoms with E-state index in [0.29, 0.717) is 22.3 Å². The van der Waals surface area contributed by atoms with Crippen LogP contribution in [0.3, 0.4) is 0 Å². The Balaban J connectivity index is 1.67. The van der Waals surface area contributed by atoms with Crippen LogP contribution in [-0.2, 0) is 16.1 Å². The molecule has 8 nitrogen and oxygen atoms in total. The molecule has 3 aromatic heterocycles. The van der Waals surface area contributed by atoms with Gasteiger partial charge in [-0.25, -0.2) is 4.79 Å². The zero-order valence-electron chi connectivity index (χ0n) is 14.7. The maximum Gasteiger partial charge on any atom is 0.340 e. The van der Waals surface area contributed by atoms with Crippen molar-refractivity contribution in [2.24, 2.45) is 0 Å². The summed E-state index contributed by atoms with van der Waals surface area (Å²) in [6.07, 6.45) is 3.40. The van der Waals surface area contributed by atoms with Crippen LogP contribution in [0.25, 0.3) is 11.4 Å². The highest BCUT2D eigenvalue weighted by Crippen LogP contribution is 2.26. The van der Waals surface area contributed by atoms with E-state index in [1.807, 2.05) is 23.6 Å². The summed E-state index contributed by atoms with van der Waals surface area (Å²) in [4.78, 5) is 28.0. The van der Waals surface area contributed by atoms with E-state index in [1.165, 1.54) is 30.2 Å². The Kier molecular flexibility index (Phi) is 6.20. The van der Waals surface area contributed by atoms with E-state index in [4.69, 9.17) is 4.74 Å². The Morgan fingerprint density at radius 1 is 1.26 bits per heavy atom. The lowest BCUT2D eigenvalue weighted by atomic mass is 10.2. The lowest BCUT2D eigenvalue weighted by Crippen LogP contribution is -2.16. The van der Waals surface area contributed by atoms with E-state index in [0.717, 1.165) is 11.4 Å². The Hall–Kier alpha value is -2.72. The number of rotatable bonds is 7. The average Bonchev–Trinajstić information content (AvgIpc) is 3.32. The van der Waals surface area contributed by atoms with Crippen LogP contribution in [-0.4, -0.2) is 44.5 Å². The third-order valence-electron chi connectivity index (χ3n) is 3.63. The van der Waals surface area contributed by atoms with Crippen LogP contribution in [0, 0.1) is 0 Å². The smallest absolute Gasteiger partial charge is 0.340 e. The average molecular weight is 403 g/mol. The quantitative estimate of drug-likeness (QED) is 0.478. The van der Waals surface area contributed by atoms with Gasteiger partial charge in [-0.3, -0.25) is 9.78 Å². The van der Waals surface area contributed by atoms with E-state index in [9.17, 15) is 9.59 Å². The fraction of sp³-hybridized carbons (Fsp3) is 0.235. The Bertz CT molecular complexity index is 939. The van der Waals surface area contributed by atoms with Gasteiger partial charge in [-0.2, -0.15) is 0 Å². The summed E-state index contributed by atoms with van der Waals surface area (Å²) in [7, 11) is 1.30. The van der Waals surface area contributed by atoms with Gasteiger partial charge in [0.15, 0.2) is 11.0 Å². The summed E-state index contributed by atoms with van der Waals surface area (Å²) < 4.78 is 6.65. The third kappa shape index (κ3) is 4.34. The summed E-state index contributed by atoms with van der Waals surface area (Å²) in [6, 6.07) is 5.35. The molecule has 0 atom stereocenters. The molecule has 0 aromatic carbocycles. The minimum atomic E-state index is -0.480. The largest absolute Gasteiger partial charge is 0.465 e. The number of ether oxygens (including phenoxy) is 1. The normalized spacial score (nSPS) is 10.6. The number of amides is 1. The number of esters is 1. The molecule has 27 heavy (non-hydrogen) atoms. The first-order chi connectivity index (χ1) is 13.1. The minimum absolute atomic E-state index is 0.146. The molecule has 140 valence electrons. The molecule has 0 fully saturated rings. The molecule has 3 rings (SSSR count). The molecule has 0 saturated carbocycles. The van der Waals surface area contributed by atoms with Crippen molar-refractivity contribution < 1.29 is 14.3 Å². The van der Waals surface area contributed by atoms with Gasteiger partial charge in [-0.05, 0) is 30.5 Å². The first-order valence-corrected chi connectivity index (χ1v) is 9.92. The van der Waals surface area contributed by atoms with Crippen molar-refractivity contribution in [1.82, 2.24) is 19.7 Å². The van der Waals surface area contributed by atoms with Crippen LogP contribution < -0.4 is 5.32 Å². The first kappa shape index (κ1) is 19.1. The summed E-state index contributed by atoms with van der Waals surface area (Å²) in [5.41, 5.74) is 1.26. The molecule has 1 amide bonds. The maximum atomic E-state index is 12.3. The SMILES string of the molecule is CCn1c(SCC(=O)Nc2sccc2C(=O)OC)nnc1-c1ccncc1. The number of nitrogens with zero attached hydrogens (tertiary/aromatic N) is 4. The fourth-order valence-corrected chi connectivity index (χ4v) is 3.96. The minimum Gasteiger partial charge on any atom is -0.465 e. The number of pyridine rings is 1. The molecule has 0 bridgehead atoms. The molecule has 3 heterocycles. The maximum absolute atomic E-state index is 12.3. The molecule has 0 aliphatic heterocycles. The molecular weight excluding hydrogens is 386 g/mol. The first-order valence-electron chi connectivity index (χ1n) is 8.06. The fourth-order valence-electron chi connectivity index (χ4n) is 2.36. The molecule has 0 spiro atoms. The number of thiophene rings is 1. The standard InChI is InChI=1S/C17H17N5O3S2/c1-3-22-14(11-4-7-18-8-5-11)20-21-17(22)27-10-13(23)19-15-12(6-9-26-15)16(24)25-2/h4-9H,3,10H2,1-2H3,(H,19,23). The summed E-state index contributed by atoms with van der Waals surface area (Å²) >= 11 is 2.56. The van der Waals surface area contributed by atoms with Crippen molar-refractivity contribution in [3.8, 4) is 11.4 Å². The van der Waals surface area contributed by atoms with Crippen LogP contribution in [0.2, 0.25) is 0 Å². The molecule has 1 N–H and O–H groups in total. The van der Waals surface area contributed by atoms with Crippen LogP contribution in [0.4, 0.5) is 5.00 Å². The second-order valence-electron chi connectivity index (χ2n) is 5.28. The van der Waals surface area contributed by atoms with Crippen molar-refractivity contribution in [2.45, 2.75) is 18.6 Å². The Morgan fingerprint density at radius 2 is 2.04 bits per heavy atom. The number of carbonyl (C=O) groups is 2. The third-order valence-corrected chi connectivity index (χ3v) is 5.42. The predicted molar refractivity (Wildman–Crippen MR) is 104 cm³/mol. The number of methoxy groups -OCH3 is 1. The van der Waals surface area contributed by atoms with Crippen LogP contribution in [0.15, 0.2) is 41.1 Å². The zero-order valence-corrected chi connectivity index (χ0v) is 16.3. The van der Waals surface area contributed by atoms with Crippen molar-refractivity contribution >= 4 is 40.0 Å². The number of hydrogen-bond donors (Lipinski definition) is 1. The van der Waals surface area contributed by atoms with E-state index in [2.05, 4.69) is 20.5 Å². The zero-order chi connectivity index (χ0) is 19.2. The van der Waals surface area contributed by atoms with E-state index in [1.54, 1.807) is 23.8 Å². The highest BCUT2D eigenvalue weighted by Gasteiger charge is 2.17. The van der Waals surface area contributed by atoms with Crippen molar-refractivity contribution in [3.63, 3.8) is 0 Å². The highest BCUT2D eigenvalue weighted by molar-refractivity contribution is 7.99. The molecule has 3 aromatic rings. The Morgan fingerprint density at radius 3 is 2.74 bits per heavy atom. The second kappa shape index (κ2) is 8.78. The van der Waals surface area contributed by atoms with Gasteiger partial charge in [0.05, 0.1) is 18.4 Å². The van der Waals surface area contributed by atoms with Crippen LogP contribution in [0.5, 0.6) is 0 Å². The number of nitrogens with one attached hydrogen (secondary N) is 1. The molecular formula is C17H17N5O3S2. The topological polar surface area (TPSA) is 99.0 Å². The van der Waals surface area contributed by atoms with Gasteiger partial charge < -0.3 is 14.6 Å². The number of hydrogen-bond acceptors (Lipinski definition) is 8. The van der Waals surface area contributed by atoms with Gasteiger partial charge in [-0.15, -0.1) is 21.5 Å². The summed E-state index contributed by atoms with van der Waals surface area (Å²) in [5, 5.41) is 14.0.